The molecule has 2 heterocycles. The molecule has 2 saturated heterocycles. The number of aliphatic hydroxyl groups is 1. The molecule has 0 radical (unpaired) electrons. The lowest BCUT2D eigenvalue weighted by atomic mass is 9.94. The standard InChI is InChI=1S/C16H29NO4S/c1-12-13(5-10-20-12)22-11-16(19)6-8-17(9-7-16)14(18)21-15(2,3)4/h12-13,19H,5-11H2,1-4H3. The Balaban J connectivity index is 1.76. The van der Waals surface area contributed by atoms with E-state index in [1.807, 2.05) is 32.5 Å². The number of hydrogen-bond donors (Lipinski definition) is 1. The molecule has 0 bridgehead atoms. The second-order valence-corrected chi connectivity index (χ2v) is 8.63. The van der Waals surface area contributed by atoms with E-state index in [9.17, 15) is 9.90 Å². The Hall–Kier alpha value is -0.460. The van der Waals surface area contributed by atoms with Crippen LogP contribution in [0.5, 0.6) is 0 Å². The summed E-state index contributed by atoms with van der Waals surface area (Å²) >= 11 is 1.81. The van der Waals surface area contributed by atoms with Crippen molar-refractivity contribution in [3.8, 4) is 0 Å². The van der Waals surface area contributed by atoms with Crippen molar-refractivity contribution in [2.24, 2.45) is 0 Å². The van der Waals surface area contributed by atoms with Gasteiger partial charge in [-0.2, -0.15) is 11.8 Å². The van der Waals surface area contributed by atoms with Crippen molar-refractivity contribution < 1.29 is 19.4 Å². The Morgan fingerprint density at radius 2 is 2.05 bits per heavy atom. The van der Waals surface area contributed by atoms with Gasteiger partial charge in [-0.3, -0.25) is 0 Å². The van der Waals surface area contributed by atoms with Crippen LogP contribution in [-0.2, 0) is 9.47 Å². The van der Waals surface area contributed by atoms with E-state index in [4.69, 9.17) is 9.47 Å². The molecular weight excluding hydrogens is 302 g/mol. The zero-order chi connectivity index (χ0) is 16.4. The van der Waals surface area contributed by atoms with Crippen LogP contribution in [0.1, 0.15) is 47.0 Å². The molecule has 6 heteroatoms. The average Bonchev–Trinajstić information content (AvgIpc) is 2.81. The quantitative estimate of drug-likeness (QED) is 0.861. The second-order valence-electron chi connectivity index (χ2n) is 7.41. The van der Waals surface area contributed by atoms with Gasteiger partial charge in [0.05, 0.1) is 11.7 Å². The molecule has 2 aliphatic heterocycles. The molecule has 128 valence electrons. The maximum atomic E-state index is 12.0. The Morgan fingerprint density at radius 3 is 2.55 bits per heavy atom. The van der Waals surface area contributed by atoms with Gasteiger partial charge in [-0.15, -0.1) is 0 Å². The molecule has 0 aromatic rings. The summed E-state index contributed by atoms with van der Waals surface area (Å²) in [5.74, 6) is 0.716. The topological polar surface area (TPSA) is 59.0 Å². The Labute approximate surface area is 137 Å². The first-order chi connectivity index (χ1) is 10.2. The summed E-state index contributed by atoms with van der Waals surface area (Å²) < 4.78 is 10.9. The van der Waals surface area contributed by atoms with Gasteiger partial charge in [0.25, 0.3) is 0 Å². The van der Waals surface area contributed by atoms with Gasteiger partial charge < -0.3 is 19.5 Å². The van der Waals surface area contributed by atoms with E-state index in [1.165, 1.54) is 0 Å². The van der Waals surface area contributed by atoms with Crippen LogP contribution in [0.2, 0.25) is 0 Å². The molecule has 2 unspecified atom stereocenters. The lowest BCUT2D eigenvalue weighted by molar-refractivity contribution is -0.0191. The van der Waals surface area contributed by atoms with Crippen LogP contribution in [0.4, 0.5) is 4.79 Å². The molecule has 0 aliphatic carbocycles. The Morgan fingerprint density at radius 1 is 1.41 bits per heavy atom. The van der Waals surface area contributed by atoms with Crippen LogP contribution < -0.4 is 0 Å². The highest BCUT2D eigenvalue weighted by molar-refractivity contribution is 8.00. The van der Waals surface area contributed by atoms with E-state index in [0.29, 0.717) is 36.9 Å². The minimum absolute atomic E-state index is 0.274. The van der Waals surface area contributed by atoms with Crippen molar-refractivity contribution in [3.05, 3.63) is 0 Å². The van der Waals surface area contributed by atoms with Crippen LogP contribution >= 0.6 is 11.8 Å². The second kappa shape index (κ2) is 6.97. The molecule has 5 nitrogen and oxygen atoms in total. The number of hydrogen-bond acceptors (Lipinski definition) is 5. The van der Waals surface area contributed by atoms with Crippen LogP contribution in [0.15, 0.2) is 0 Å². The van der Waals surface area contributed by atoms with Gasteiger partial charge in [0, 0.05) is 30.7 Å². The van der Waals surface area contributed by atoms with E-state index in [1.54, 1.807) is 4.90 Å². The Bertz CT molecular complexity index is 388. The van der Waals surface area contributed by atoms with Crippen LogP contribution in [-0.4, -0.2) is 64.1 Å². The molecule has 1 amide bonds. The smallest absolute Gasteiger partial charge is 0.410 e. The first-order valence-corrected chi connectivity index (χ1v) is 9.17. The highest BCUT2D eigenvalue weighted by atomic mass is 32.2. The molecule has 22 heavy (non-hydrogen) atoms. The number of rotatable bonds is 3. The number of carbonyl (C=O) groups is 1. The zero-order valence-electron chi connectivity index (χ0n) is 14.1. The average molecular weight is 331 g/mol. The van der Waals surface area contributed by atoms with Crippen LogP contribution in [0.3, 0.4) is 0 Å². The van der Waals surface area contributed by atoms with E-state index in [0.717, 1.165) is 13.0 Å². The first-order valence-electron chi connectivity index (χ1n) is 8.12. The third-order valence-corrected chi connectivity index (χ3v) is 5.97. The summed E-state index contributed by atoms with van der Waals surface area (Å²) in [4.78, 5) is 13.7. The predicted octanol–water partition coefficient (Wildman–Crippen LogP) is 2.66. The van der Waals surface area contributed by atoms with Gasteiger partial charge in [-0.1, -0.05) is 0 Å². The minimum Gasteiger partial charge on any atom is -0.444 e. The molecule has 2 aliphatic rings. The zero-order valence-corrected chi connectivity index (χ0v) is 14.9. The summed E-state index contributed by atoms with van der Waals surface area (Å²) in [6.45, 7) is 9.64. The summed E-state index contributed by atoms with van der Waals surface area (Å²) in [5, 5.41) is 11.2. The van der Waals surface area contributed by atoms with E-state index in [-0.39, 0.29) is 12.2 Å². The van der Waals surface area contributed by atoms with Crippen molar-refractivity contribution in [1.82, 2.24) is 4.90 Å². The van der Waals surface area contributed by atoms with Gasteiger partial charge in [0.15, 0.2) is 0 Å². The van der Waals surface area contributed by atoms with Crippen molar-refractivity contribution in [1.29, 1.82) is 0 Å². The Kier molecular flexibility index (Phi) is 5.67. The third-order valence-electron chi connectivity index (χ3n) is 4.22. The number of amides is 1. The molecule has 0 aromatic heterocycles. The fourth-order valence-electron chi connectivity index (χ4n) is 2.77. The van der Waals surface area contributed by atoms with Crippen LogP contribution in [0, 0.1) is 0 Å². The fourth-order valence-corrected chi connectivity index (χ4v) is 4.19. The lowest BCUT2D eigenvalue weighted by Crippen LogP contribution is -2.49. The predicted molar refractivity (Wildman–Crippen MR) is 88.3 cm³/mol. The van der Waals surface area contributed by atoms with Gasteiger partial charge >= 0.3 is 6.09 Å². The minimum atomic E-state index is -0.675. The van der Waals surface area contributed by atoms with Gasteiger partial charge in [-0.05, 0) is 47.0 Å². The monoisotopic (exact) mass is 331 g/mol. The number of thioether (sulfide) groups is 1. The van der Waals surface area contributed by atoms with Crippen molar-refractivity contribution in [3.63, 3.8) is 0 Å². The molecule has 0 aromatic carbocycles. The van der Waals surface area contributed by atoms with Gasteiger partial charge in [-0.25, -0.2) is 4.79 Å². The number of piperidine rings is 1. The van der Waals surface area contributed by atoms with Gasteiger partial charge in [0.2, 0.25) is 0 Å². The lowest BCUT2D eigenvalue weighted by Gasteiger charge is -2.39. The van der Waals surface area contributed by atoms with Gasteiger partial charge in [0.1, 0.15) is 5.60 Å². The number of carbonyl (C=O) groups excluding carboxylic acids is 1. The summed E-state index contributed by atoms with van der Waals surface area (Å²) in [5.41, 5.74) is -1.15. The fraction of sp³-hybridized carbons (Fsp3) is 0.938. The molecule has 1 N–H and O–H groups in total. The van der Waals surface area contributed by atoms with E-state index >= 15 is 0 Å². The normalized spacial score (nSPS) is 28.7. The maximum absolute atomic E-state index is 12.0. The van der Waals surface area contributed by atoms with Crippen LogP contribution in [0.25, 0.3) is 0 Å². The van der Waals surface area contributed by atoms with E-state index in [2.05, 4.69) is 6.92 Å². The molecule has 2 rings (SSSR count). The van der Waals surface area contributed by atoms with E-state index < -0.39 is 11.2 Å². The highest BCUT2D eigenvalue weighted by Gasteiger charge is 2.37. The third kappa shape index (κ3) is 5.03. The molecule has 0 spiro atoms. The molecular formula is C16H29NO4S. The molecule has 2 fully saturated rings. The first kappa shape index (κ1) is 17.9. The maximum Gasteiger partial charge on any atom is 0.410 e. The van der Waals surface area contributed by atoms with Crippen molar-refractivity contribution >= 4 is 17.9 Å². The summed E-state index contributed by atoms with van der Waals surface area (Å²) in [6, 6.07) is 0. The summed E-state index contributed by atoms with van der Waals surface area (Å²) in [7, 11) is 0. The largest absolute Gasteiger partial charge is 0.444 e. The van der Waals surface area contributed by atoms with Crippen molar-refractivity contribution in [2.45, 2.75) is 69.5 Å². The van der Waals surface area contributed by atoms with Crippen molar-refractivity contribution in [2.75, 3.05) is 25.4 Å². The highest BCUT2D eigenvalue weighted by Crippen LogP contribution is 2.33. The SMILES string of the molecule is CC1OCCC1SCC1(O)CCN(C(=O)OC(C)(C)C)CC1. The number of nitrogens with zero attached hydrogens (tertiary/aromatic N) is 1. The summed E-state index contributed by atoms with van der Waals surface area (Å²) in [6.07, 6.45) is 2.28. The molecule has 0 saturated carbocycles. The number of ether oxygens (including phenoxy) is 2. The number of likely N-dealkylation sites (tertiary alicyclic amines) is 1. The molecule has 2 atom stereocenters.